The van der Waals surface area contributed by atoms with E-state index in [1.54, 1.807) is 0 Å². The molecule has 1 aliphatic heterocycles. The van der Waals surface area contributed by atoms with Crippen molar-refractivity contribution in [2.24, 2.45) is 5.16 Å². The molecule has 0 unspecified atom stereocenters. The maximum Gasteiger partial charge on any atom is 0.161 e. The van der Waals surface area contributed by atoms with E-state index in [2.05, 4.69) is 5.16 Å². The zero-order chi connectivity index (χ0) is 7.68. The molecule has 1 aromatic carbocycles. The normalized spacial score (nSPS) is 14.7. The molecule has 3 heteroatoms. The van der Waals surface area contributed by atoms with Crippen LogP contribution in [0.25, 0.3) is 0 Å². The van der Waals surface area contributed by atoms with Gasteiger partial charge in [-0.25, -0.2) is 0 Å². The molecule has 0 saturated carbocycles. The van der Waals surface area contributed by atoms with Crippen molar-refractivity contribution in [2.45, 2.75) is 6.42 Å². The first kappa shape index (κ1) is 6.61. The first-order valence-electron chi connectivity index (χ1n) is 3.35. The minimum absolute atomic E-state index is 0.615. The highest BCUT2D eigenvalue weighted by atomic mass is 32.1. The number of benzene rings is 1. The second-order valence-corrected chi connectivity index (χ2v) is 2.83. The average Bonchev–Trinajstić information content (AvgIpc) is 2.04. The summed E-state index contributed by atoms with van der Waals surface area (Å²) in [6.45, 7) is 0. The van der Waals surface area contributed by atoms with Gasteiger partial charge in [0, 0.05) is 12.0 Å². The van der Waals surface area contributed by atoms with Crippen molar-refractivity contribution < 1.29 is 4.84 Å². The van der Waals surface area contributed by atoms with Gasteiger partial charge in [0.1, 0.15) is 5.04 Å². The Morgan fingerprint density at radius 2 is 2.18 bits per heavy atom. The maximum atomic E-state index is 5.02. The number of hydrogen-bond donors (Lipinski definition) is 0. The van der Waals surface area contributed by atoms with Crippen molar-refractivity contribution in [3.05, 3.63) is 29.8 Å². The van der Waals surface area contributed by atoms with E-state index in [-0.39, 0.29) is 0 Å². The zero-order valence-electron chi connectivity index (χ0n) is 5.78. The Balaban J connectivity index is 2.42. The van der Waals surface area contributed by atoms with Crippen molar-refractivity contribution >= 4 is 17.7 Å². The molecule has 0 bridgehead atoms. The summed E-state index contributed by atoms with van der Waals surface area (Å²) < 4.78 is 0. The topological polar surface area (TPSA) is 21.6 Å². The molecule has 1 aliphatic rings. The van der Waals surface area contributed by atoms with Crippen LogP contribution in [0.1, 0.15) is 5.56 Å². The van der Waals surface area contributed by atoms with Crippen LogP contribution < -0.4 is 4.84 Å². The summed E-state index contributed by atoms with van der Waals surface area (Å²) in [5.41, 5.74) is 1.12. The molecular formula is C8H6NOS. The Kier molecular flexibility index (Phi) is 1.51. The molecule has 0 amide bonds. The van der Waals surface area contributed by atoms with Gasteiger partial charge in [0.05, 0.1) is 0 Å². The maximum absolute atomic E-state index is 5.02. The van der Waals surface area contributed by atoms with E-state index >= 15 is 0 Å². The molecule has 0 N–H and O–H groups in total. The van der Waals surface area contributed by atoms with Gasteiger partial charge in [-0.3, -0.25) is 0 Å². The van der Waals surface area contributed by atoms with Crippen LogP contribution in [0.4, 0.5) is 0 Å². The van der Waals surface area contributed by atoms with Crippen molar-refractivity contribution in [2.75, 3.05) is 0 Å². The Morgan fingerprint density at radius 3 is 3.09 bits per heavy atom. The van der Waals surface area contributed by atoms with Gasteiger partial charge in [0.25, 0.3) is 0 Å². The number of para-hydroxylation sites is 1. The summed E-state index contributed by atoms with van der Waals surface area (Å²) in [4.78, 5) is 5.02. The lowest BCUT2D eigenvalue weighted by Gasteiger charge is -2.10. The first-order chi connectivity index (χ1) is 5.36. The third kappa shape index (κ3) is 1.19. The first-order valence-corrected chi connectivity index (χ1v) is 3.76. The second kappa shape index (κ2) is 2.51. The average molecular weight is 164 g/mol. The lowest BCUT2D eigenvalue weighted by Crippen LogP contribution is -2.05. The Bertz CT molecular complexity index is 309. The Labute approximate surface area is 70.3 Å². The van der Waals surface area contributed by atoms with Crippen LogP contribution in [-0.2, 0) is 6.42 Å². The number of nitrogens with zero attached hydrogens (tertiary/aromatic N) is 1. The van der Waals surface area contributed by atoms with Gasteiger partial charge in [-0.1, -0.05) is 36.0 Å². The lowest BCUT2D eigenvalue weighted by atomic mass is 10.1. The summed E-state index contributed by atoms with van der Waals surface area (Å²) in [6.07, 6.45) is 0.728. The SMILES string of the molecule is [S]C1=NOc2ccccc2C1. The highest BCUT2D eigenvalue weighted by molar-refractivity contribution is 7.97. The van der Waals surface area contributed by atoms with Crippen LogP contribution in [0.5, 0.6) is 5.75 Å². The van der Waals surface area contributed by atoms with E-state index in [0.717, 1.165) is 17.7 Å². The third-order valence-electron chi connectivity index (χ3n) is 1.56. The summed E-state index contributed by atoms with van der Waals surface area (Å²) in [5.74, 6) is 0.820. The van der Waals surface area contributed by atoms with Crippen LogP contribution in [0, 0.1) is 0 Å². The zero-order valence-corrected chi connectivity index (χ0v) is 6.60. The standard InChI is InChI=1S/C8H6NOS/c11-8-5-6-3-1-2-4-7(6)10-9-8/h1-4H,5H2. The van der Waals surface area contributed by atoms with E-state index in [9.17, 15) is 0 Å². The molecular weight excluding hydrogens is 158 g/mol. The van der Waals surface area contributed by atoms with Crippen LogP contribution in [0.2, 0.25) is 0 Å². The van der Waals surface area contributed by atoms with E-state index < -0.39 is 0 Å². The highest BCUT2D eigenvalue weighted by Gasteiger charge is 2.10. The predicted octanol–water partition coefficient (Wildman–Crippen LogP) is 2.13. The largest absolute Gasteiger partial charge is 0.356 e. The molecule has 0 atom stereocenters. The molecule has 0 saturated heterocycles. The monoisotopic (exact) mass is 164 g/mol. The molecule has 55 valence electrons. The summed E-state index contributed by atoms with van der Waals surface area (Å²) in [6, 6.07) is 7.77. The molecule has 0 fully saturated rings. The second-order valence-electron chi connectivity index (χ2n) is 2.36. The summed E-state index contributed by atoms with van der Waals surface area (Å²) in [5, 5.41) is 4.32. The van der Waals surface area contributed by atoms with Crippen molar-refractivity contribution in [1.82, 2.24) is 0 Å². The van der Waals surface area contributed by atoms with Crippen LogP contribution >= 0.6 is 12.6 Å². The fourth-order valence-corrected chi connectivity index (χ4v) is 1.23. The van der Waals surface area contributed by atoms with Crippen LogP contribution in [-0.4, -0.2) is 5.04 Å². The van der Waals surface area contributed by atoms with Gasteiger partial charge >= 0.3 is 0 Å². The molecule has 1 aromatic rings. The lowest BCUT2D eigenvalue weighted by molar-refractivity contribution is 0.333. The highest BCUT2D eigenvalue weighted by Crippen LogP contribution is 2.23. The van der Waals surface area contributed by atoms with Gasteiger partial charge in [0.15, 0.2) is 5.75 Å². The van der Waals surface area contributed by atoms with Crippen LogP contribution in [0.15, 0.2) is 29.4 Å². The quantitative estimate of drug-likeness (QED) is 0.575. The Morgan fingerprint density at radius 1 is 1.36 bits per heavy atom. The fourth-order valence-electron chi connectivity index (χ4n) is 1.03. The summed E-state index contributed by atoms with van der Waals surface area (Å²) in [7, 11) is 0. The van der Waals surface area contributed by atoms with Gasteiger partial charge in [-0.05, 0) is 6.07 Å². The fraction of sp³-hybridized carbons (Fsp3) is 0.125. The van der Waals surface area contributed by atoms with E-state index in [1.165, 1.54) is 0 Å². The molecule has 1 heterocycles. The van der Waals surface area contributed by atoms with E-state index in [1.807, 2.05) is 24.3 Å². The molecule has 1 radical (unpaired) electrons. The third-order valence-corrected chi connectivity index (χ3v) is 1.78. The molecule has 2 nitrogen and oxygen atoms in total. The smallest absolute Gasteiger partial charge is 0.161 e. The van der Waals surface area contributed by atoms with Gasteiger partial charge in [0.2, 0.25) is 0 Å². The van der Waals surface area contributed by atoms with Crippen molar-refractivity contribution in [3.8, 4) is 5.75 Å². The number of fused-ring (bicyclic) bond motifs is 1. The van der Waals surface area contributed by atoms with Gasteiger partial charge in [-0.15, -0.1) is 0 Å². The van der Waals surface area contributed by atoms with Gasteiger partial charge in [-0.2, -0.15) is 0 Å². The van der Waals surface area contributed by atoms with E-state index in [0.29, 0.717) is 5.04 Å². The minimum atomic E-state index is 0.615. The molecule has 2 rings (SSSR count). The number of oxime groups is 1. The Hall–Kier alpha value is -1.09. The number of rotatable bonds is 0. The van der Waals surface area contributed by atoms with Crippen molar-refractivity contribution in [3.63, 3.8) is 0 Å². The minimum Gasteiger partial charge on any atom is -0.356 e. The van der Waals surface area contributed by atoms with Crippen LogP contribution in [0.3, 0.4) is 0 Å². The predicted molar refractivity (Wildman–Crippen MR) is 45.8 cm³/mol. The molecule has 0 spiro atoms. The molecule has 0 aliphatic carbocycles. The van der Waals surface area contributed by atoms with Gasteiger partial charge < -0.3 is 4.84 Å². The molecule has 0 aromatic heterocycles. The summed E-state index contributed by atoms with van der Waals surface area (Å²) >= 11 is 4.89. The van der Waals surface area contributed by atoms with E-state index in [4.69, 9.17) is 17.5 Å². The van der Waals surface area contributed by atoms with Crippen molar-refractivity contribution in [1.29, 1.82) is 0 Å². The molecule has 11 heavy (non-hydrogen) atoms. The number of hydrogen-bond acceptors (Lipinski definition) is 2.